The molecule has 1 saturated heterocycles. The van der Waals surface area contributed by atoms with Crippen molar-refractivity contribution < 1.29 is 19.1 Å². The summed E-state index contributed by atoms with van der Waals surface area (Å²) >= 11 is 0. The summed E-state index contributed by atoms with van der Waals surface area (Å²) in [5, 5.41) is 2.98. The van der Waals surface area contributed by atoms with E-state index in [9.17, 15) is 14.4 Å². The lowest BCUT2D eigenvalue weighted by molar-refractivity contribution is -0.141. The third-order valence-electron chi connectivity index (χ3n) is 5.91. The molecule has 1 fully saturated rings. The van der Waals surface area contributed by atoms with Gasteiger partial charge in [-0.25, -0.2) is 0 Å². The fraction of sp³-hybridized carbons (Fsp3) is 0.500. The number of carbonyl (C=O) groups is 3. The number of benzene rings is 1. The van der Waals surface area contributed by atoms with E-state index in [-0.39, 0.29) is 36.2 Å². The van der Waals surface area contributed by atoms with Gasteiger partial charge in [0.05, 0.1) is 20.0 Å². The molecule has 150 valence electrons. The van der Waals surface area contributed by atoms with Crippen LogP contribution >= 0.6 is 0 Å². The maximum atomic E-state index is 12.5. The number of hydrogen-bond donors (Lipinski definition) is 1. The predicted molar refractivity (Wildman–Crippen MR) is 106 cm³/mol. The SMILES string of the molecule is COC(=O)C[C@H]1CC[C@@H](CNC(=O)CC2=C(c3ccccc3)CCC2=O)N1C. The smallest absolute Gasteiger partial charge is 0.307 e. The molecule has 1 heterocycles. The van der Waals surface area contributed by atoms with Crippen molar-refractivity contribution in [2.45, 2.75) is 50.6 Å². The molecule has 0 aromatic heterocycles. The number of Topliss-reactive ketones (excluding diaryl/α,β-unsaturated/α-hetero) is 1. The van der Waals surface area contributed by atoms with E-state index in [0.29, 0.717) is 31.4 Å². The van der Waals surface area contributed by atoms with Crippen LogP contribution in [0.1, 0.15) is 44.1 Å². The van der Waals surface area contributed by atoms with Crippen LogP contribution in [0.4, 0.5) is 0 Å². The van der Waals surface area contributed by atoms with Crippen molar-refractivity contribution in [3.63, 3.8) is 0 Å². The minimum Gasteiger partial charge on any atom is -0.469 e. The van der Waals surface area contributed by atoms with E-state index < -0.39 is 0 Å². The maximum absolute atomic E-state index is 12.5. The molecule has 1 N–H and O–H groups in total. The van der Waals surface area contributed by atoms with Gasteiger partial charge in [-0.15, -0.1) is 0 Å². The molecule has 0 unspecified atom stereocenters. The molecule has 0 bridgehead atoms. The Balaban J connectivity index is 1.56. The van der Waals surface area contributed by atoms with Gasteiger partial charge < -0.3 is 10.1 Å². The number of hydrogen-bond acceptors (Lipinski definition) is 5. The van der Waals surface area contributed by atoms with Crippen LogP contribution in [0.3, 0.4) is 0 Å². The molecule has 1 aromatic rings. The monoisotopic (exact) mass is 384 g/mol. The molecular weight excluding hydrogens is 356 g/mol. The number of carbonyl (C=O) groups excluding carboxylic acids is 3. The zero-order valence-corrected chi connectivity index (χ0v) is 16.6. The first-order valence-corrected chi connectivity index (χ1v) is 9.85. The van der Waals surface area contributed by atoms with Gasteiger partial charge in [-0.1, -0.05) is 30.3 Å². The van der Waals surface area contributed by atoms with Crippen molar-refractivity contribution in [3.05, 3.63) is 41.5 Å². The number of likely N-dealkylation sites (tertiary alicyclic amines) is 1. The molecule has 1 amide bonds. The number of esters is 1. The minimum absolute atomic E-state index is 0.0742. The van der Waals surface area contributed by atoms with Gasteiger partial charge in [-0.05, 0) is 37.4 Å². The highest BCUT2D eigenvalue weighted by molar-refractivity contribution is 6.10. The van der Waals surface area contributed by atoms with E-state index in [1.165, 1.54) is 7.11 Å². The van der Waals surface area contributed by atoms with Crippen LogP contribution in [-0.2, 0) is 19.1 Å². The average molecular weight is 384 g/mol. The van der Waals surface area contributed by atoms with Gasteiger partial charge in [0, 0.05) is 30.6 Å². The van der Waals surface area contributed by atoms with Crippen LogP contribution in [0.15, 0.2) is 35.9 Å². The van der Waals surface area contributed by atoms with E-state index in [1.54, 1.807) is 0 Å². The second-order valence-corrected chi connectivity index (χ2v) is 7.56. The number of amides is 1. The van der Waals surface area contributed by atoms with E-state index in [4.69, 9.17) is 4.74 Å². The Labute approximate surface area is 165 Å². The molecule has 1 aromatic carbocycles. The van der Waals surface area contributed by atoms with Gasteiger partial charge in [-0.3, -0.25) is 19.3 Å². The molecule has 0 saturated carbocycles. The Kier molecular flexibility index (Phi) is 6.62. The zero-order chi connectivity index (χ0) is 20.1. The summed E-state index contributed by atoms with van der Waals surface area (Å²) < 4.78 is 4.75. The van der Waals surface area contributed by atoms with E-state index in [0.717, 1.165) is 24.0 Å². The van der Waals surface area contributed by atoms with Crippen molar-refractivity contribution in [2.24, 2.45) is 0 Å². The largest absolute Gasteiger partial charge is 0.469 e. The Morgan fingerprint density at radius 1 is 1.14 bits per heavy atom. The van der Waals surface area contributed by atoms with Gasteiger partial charge >= 0.3 is 5.97 Å². The van der Waals surface area contributed by atoms with Crippen LogP contribution < -0.4 is 5.32 Å². The highest BCUT2D eigenvalue weighted by Crippen LogP contribution is 2.33. The lowest BCUT2D eigenvalue weighted by Crippen LogP contribution is -2.41. The zero-order valence-electron chi connectivity index (χ0n) is 16.6. The summed E-state index contributed by atoms with van der Waals surface area (Å²) in [6.45, 7) is 0.523. The number of ketones is 1. The molecule has 0 spiro atoms. The summed E-state index contributed by atoms with van der Waals surface area (Å²) in [7, 11) is 3.38. The standard InChI is InChI=1S/C22H28N2O4/c1-24-16(12-22(27)28-2)8-9-17(24)14-23-21(26)13-19-18(10-11-20(19)25)15-6-4-3-5-7-15/h3-7,16-17H,8-14H2,1-2H3,(H,23,26)/t16-,17+/m1/s1. The summed E-state index contributed by atoms with van der Waals surface area (Å²) in [6.07, 6.45) is 3.52. The van der Waals surface area contributed by atoms with Crippen LogP contribution in [-0.4, -0.2) is 55.3 Å². The third-order valence-corrected chi connectivity index (χ3v) is 5.91. The number of nitrogens with zero attached hydrogens (tertiary/aromatic N) is 1. The fourth-order valence-corrected chi connectivity index (χ4v) is 4.18. The molecule has 28 heavy (non-hydrogen) atoms. The van der Waals surface area contributed by atoms with Crippen molar-refractivity contribution in [3.8, 4) is 0 Å². The molecule has 3 rings (SSSR count). The normalized spacial score (nSPS) is 22.6. The topological polar surface area (TPSA) is 75.7 Å². The van der Waals surface area contributed by atoms with Gasteiger partial charge in [-0.2, -0.15) is 0 Å². The van der Waals surface area contributed by atoms with Gasteiger partial charge in [0.25, 0.3) is 0 Å². The van der Waals surface area contributed by atoms with Gasteiger partial charge in [0.15, 0.2) is 5.78 Å². The third kappa shape index (κ3) is 4.68. The van der Waals surface area contributed by atoms with Gasteiger partial charge in [0.2, 0.25) is 5.91 Å². The molecule has 0 radical (unpaired) electrons. The second-order valence-electron chi connectivity index (χ2n) is 7.56. The molecule has 2 aliphatic rings. The van der Waals surface area contributed by atoms with Crippen LogP contribution in [0.25, 0.3) is 5.57 Å². The van der Waals surface area contributed by atoms with E-state index >= 15 is 0 Å². The van der Waals surface area contributed by atoms with Crippen molar-refractivity contribution >= 4 is 23.2 Å². The molecule has 2 atom stereocenters. The quantitative estimate of drug-likeness (QED) is 0.731. The summed E-state index contributed by atoms with van der Waals surface area (Å²) in [6, 6.07) is 10.2. The summed E-state index contributed by atoms with van der Waals surface area (Å²) in [4.78, 5) is 38.4. The number of ether oxygens (including phenoxy) is 1. The number of nitrogens with one attached hydrogen (secondary N) is 1. The number of likely N-dealkylation sites (N-methyl/N-ethyl adjacent to an activating group) is 1. The first-order chi connectivity index (χ1) is 13.5. The fourth-order valence-electron chi connectivity index (χ4n) is 4.18. The van der Waals surface area contributed by atoms with E-state index in [2.05, 4.69) is 10.2 Å². The second kappa shape index (κ2) is 9.15. The molecule has 6 heteroatoms. The lowest BCUT2D eigenvalue weighted by Gasteiger charge is -2.25. The van der Waals surface area contributed by atoms with E-state index in [1.807, 2.05) is 37.4 Å². The number of allylic oxidation sites excluding steroid dienone is 1. The summed E-state index contributed by atoms with van der Waals surface area (Å²) in [5.41, 5.74) is 2.67. The van der Waals surface area contributed by atoms with Crippen molar-refractivity contribution in [1.29, 1.82) is 0 Å². The molecule has 6 nitrogen and oxygen atoms in total. The first kappa shape index (κ1) is 20.3. The van der Waals surface area contributed by atoms with Gasteiger partial charge in [0.1, 0.15) is 0 Å². The number of rotatable bonds is 7. The van der Waals surface area contributed by atoms with Crippen molar-refractivity contribution in [1.82, 2.24) is 10.2 Å². The molecular formula is C22H28N2O4. The minimum atomic E-state index is -0.207. The Morgan fingerprint density at radius 3 is 2.57 bits per heavy atom. The lowest BCUT2D eigenvalue weighted by atomic mass is 10.00. The molecule has 1 aliphatic heterocycles. The van der Waals surface area contributed by atoms with Crippen molar-refractivity contribution in [2.75, 3.05) is 20.7 Å². The maximum Gasteiger partial charge on any atom is 0.307 e. The predicted octanol–water partition coefficient (Wildman–Crippen LogP) is 2.34. The van der Waals surface area contributed by atoms with Crippen LogP contribution in [0.2, 0.25) is 0 Å². The van der Waals surface area contributed by atoms with Crippen LogP contribution in [0, 0.1) is 0 Å². The Morgan fingerprint density at radius 2 is 1.86 bits per heavy atom. The first-order valence-electron chi connectivity index (χ1n) is 9.85. The molecule has 1 aliphatic carbocycles. The Hall–Kier alpha value is -2.47. The number of methoxy groups -OCH3 is 1. The summed E-state index contributed by atoms with van der Waals surface area (Å²) in [5.74, 6) is -0.254. The highest BCUT2D eigenvalue weighted by atomic mass is 16.5. The Bertz CT molecular complexity index is 772. The average Bonchev–Trinajstić information content (AvgIpc) is 3.24. The van der Waals surface area contributed by atoms with Crippen LogP contribution in [0.5, 0.6) is 0 Å². The highest BCUT2D eigenvalue weighted by Gasteiger charge is 2.32.